The molecule has 0 spiro atoms. The van der Waals surface area contributed by atoms with E-state index in [4.69, 9.17) is 5.11 Å². The smallest absolute Gasteiger partial charge is 0.303 e. The Morgan fingerprint density at radius 3 is 2.26 bits per heavy atom. The van der Waals surface area contributed by atoms with Gasteiger partial charge in [-0.15, -0.1) is 0 Å². The third-order valence-corrected chi connectivity index (χ3v) is 4.06. The van der Waals surface area contributed by atoms with E-state index in [-0.39, 0.29) is 24.3 Å². The minimum atomic E-state index is -0.789. The molecule has 0 aromatic heterocycles. The molecule has 1 rings (SSSR count). The molecule has 1 fully saturated rings. The Labute approximate surface area is 116 Å². The second-order valence-electron chi connectivity index (χ2n) is 6.08. The van der Waals surface area contributed by atoms with E-state index in [0.717, 1.165) is 31.6 Å². The average Bonchev–Trinajstić information content (AvgIpc) is 2.34. The summed E-state index contributed by atoms with van der Waals surface area (Å²) in [6.07, 6.45) is 4.93. The first-order valence-electron chi connectivity index (χ1n) is 7.44. The van der Waals surface area contributed by atoms with Crippen LogP contribution in [0.3, 0.4) is 0 Å². The van der Waals surface area contributed by atoms with Gasteiger partial charge in [-0.25, -0.2) is 0 Å². The quantitative estimate of drug-likeness (QED) is 0.806. The molecule has 110 valence electrons. The van der Waals surface area contributed by atoms with Gasteiger partial charge in [0.15, 0.2) is 0 Å². The van der Waals surface area contributed by atoms with Crippen molar-refractivity contribution < 1.29 is 14.7 Å². The topological polar surface area (TPSA) is 57.6 Å². The van der Waals surface area contributed by atoms with E-state index < -0.39 is 5.97 Å². The number of carboxylic acid groups (broad SMARTS) is 1. The highest BCUT2D eigenvalue weighted by Crippen LogP contribution is 2.30. The number of carbonyl (C=O) groups is 2. The lowest BCUT2D eigenvalue weighted by atomic mass is 9.82. The van der Waals surface area contributed by atoms with Crippen molar-refractivity contribution in [3.63, 3.8) is 0 Å². The van der Waals surface area contributed by atoms with Crippen LogP contribution in [0.2, 0.25) is 0 Å². The zero-order valence-electron chi connectivity index (χ0n) is 12.4. The molecule has 0 unspecified atom stereocenters. The standard InChI is InChI=1S/C15H27NO3/c1-11(2)16(10-4-5-14(17)18)15(19)13-8-6-12(3)7-9-13/h11-13H,4-10H2,1-3H3,(H,17,18). The molecule has 0 atom stereocenters. The summed E-state index contributed by atoms with van der Waals surface area (Å²) in [4.78, 5) is 24.9. The molecule has 0 aromatic carbocycles. The number of carbonyl (C=O) groups excluding carboxylic acids is 1. The van der Waals surface area contributed by atoms with Crippen LogP contribution in [0.1, 0.15) is 59.3 Å². The van der Waals surface area contributed by atoms with Gasteiger partial charge in [0.2, 0.25) is 5.91 Å². The van der Waals surface area contributed by atoms with E-state index in [1.807, 2.05) is 18.7 Å². The number of aliphatic carboxylic acids is 1. The fourth-order valence-electron chi connectivity index (χ4n) is 2.77. The summed E-state index contributed by atoms with van der Waals surface area (Å²) >= 11 is 0. The van der Waals surface area contributed by atoms with Crippen molar-refractivity contribution in [2.24, 2.45) is 11.8 Å². The zero-order valence-corrected chi connectivity index (χ0v) is 12.4. The third-order valence-electron chi connectivity index (χ3n) is 4.06. The normalized spacial score (nSPS) is 23.4. The highest BCUT2D eigenvalue weighted by molar-refractivity contribution is 5.79. The monoisotopic (exact) mass is 269 g/mol. The second kappa shape index (κ2) is 7.51. The SMILES string of the molecule is CC1CCC(C(=O)N(CCCC(=O)O)C(C)C)CC1. The van der Waals surface area contributed by atoms with Crippen molar-refractivity contribution in [1.82, 2.24) is 4.90 Å². The van der Waals surface area contributed by atoms with Crippen LogP contribution in [0.4, 0.5) is 0 Å². The maximum Gasteiger partial charge on any atom is 0.303 e. The number of carboxylic acids is 1. The van der Waals surface area contributed by atoms with Gasteiger partial charge in [-0.05, 0) is 51.9 Å². The predicted octanol–water partition coefficient (Wildman–Crippen LogP) is 2.91. The van der Waals surface area contributed by atoms with Crippen LogP contribution in [0, 0.1) is 11.8 Å². The van der Waals surface area contributed by atoms with E-state index >= 15 is 0 Å². The summed E-state index contributed by atoms with van der Waals surface area (Å²) in [6.45, 7) is 6.82. The summed E-state index contributed by atoms with van der Waals surface area (Å²) in [5, 5.41) is 8.68. The molecule has 1 aliphatic carbocycles. The summed E-state index contributed by atoms with van der Waals surface area (Å²) in [5.74, 6) is 0.335. The molecular weight excluding hydrogens is 242 g/mol. The van der Waals surface area contributed by atoms with E-state index in [1.165, 1.54) is 0 Å². The maximum absolute atomic E-state index is 12.5. The number of nitrogens with zero attached hydrogens (tertiary/aromatic N) is 1. The van der Waals surface area contributed by atoms with Crippen molar-refractivity contribution in [3.05, 3.63) is 0 Å². The Morgan fingerprint density at radius 2 is 1.79 bits per heavy atom. The van der Waals surface area contributed by atoms with Crippen molar-refractivity contribution in [2.75, 3.05) is 6.54 Å². The Balaban J connectivity index is 2.50. The zero-order chi connectivity index (χ0) is 14.4. The Morgan fingerprint density at radius 1 is 1.21 bits per heavy atom. The summed E-state index contributed by atoms with van der Waals surface area (Å²) in [6, 6.07) is 0.153. The highest BCUT2D eigenvalue weighted by Gasteiger charge is 2.29. The molecule has 0 aliphatic heterocycles. The molecule has 1 N–H and O–H groups in total. The summed E-state index contributed by atoms with van der Waals surface area (Å²) in [7, 11) is 0. The van der Waals surface area contributed by atoms with Crippen LogP contribution in [0.5, 0.6) is 0 Å². The van der Waals surface area contributed by atoms with Crippen LogP contribution < -0.4 is 0 Å². The van der Waals surface area contributed by atoms with Crippen molar-refractivity contribution in [1.29, 1.82) is 0 Å². The highest BCUT2D eigenvalue weighted by atomic mass is 16.4. The molecule has 1 amide bonds. The van der Waals surface area contributed by atoms with E-state index in [2.05, 4.69) is 6.92 Å². The summed E-state index contributed by atoms with van der Waals surface area (Å²) < 4.78 is 0. The van der Waals surface area contributed by atoms with Crippen LogP contribution in [0.25, 0.3) is 0 Å². The fourth-order valence-corrected chi connectivity index (χ4v) is 2.77. The predicted molar refractivity (Wildman–Crippen MR) is 74.8 cm³/mol. The Bertz CT molecular complexity index is 307. The molecule has 4 heteroatoms. The van der Waals surface area contributed by atoms with Gasteiger partial charge < -0.3 is 10.0 Å². The summed E-state index contributed by atoms with van der Waals surface area (Å²) in [5.41, 5.74) is 0. The number of hydrogen-bond donors (Lipinski definition) is 1. The first kappa shape index (κ1) is 16.0. The van der Waals surface area contributed by atoms with Gasteiger partial charge in [0.1, 0.15) is 0 Å². The van der Waals surface area contributed by atoms with E-state index in [0.29, 0.717) is 13.0 Å². The Kier molecular flexibility index (Phi) is 6.32. The molecule has 0 radical (unpaired) electrons. The maximum atomic E-state index is 12.5. The lowest BCUT2D eigenvalue weighted by molar-refractivity contribution is -0.141. The van der Waals surface area contributed by atoms with Crippen LogP contribution in [-0.2, 0) is 9.59 Å². The third kappa shape index (κ3) is 5.21. The lowest BCUT2D eigenvalue weighted by Crippen LogP contribution is -2.42. The minimum absolute atomic E-state index is 0.137. The van der Waals surface area contributed by atoms with Gasteiger partial charge in [-0.3, -0.25) is 9.59 Å². The van der Waals surface area contributed by atoms with Crippen LogP contribution >= 0.6 is 0 Å². The van der Waals surface area contributed by atoms with Gasteiger partial charge in [-0.1, -0.05) is 6.92 Å². The molecule has 4 nitrogen and oxygen atoms in total. The molecule has 0 heterocycles. The molecule has 0 saturated heterocycles. The number of rotatable bonds is 6. The molecule has 0 bridgehead atoms. The van der Waals surface area contributed by atoms with Gasteiger partial charge in [-0.2, -0.15) is 0 Å². The largest absolute Gasteiger partial charge is 0.481 e. The van der Waals surface area contributed by atoms with Gasteiger partial charge in [0.25, 0.3) is 0 Å². The molecule has 1 saturated carbocycles. The second-order valence-corrected chi connectivity index (χ2v) is 6.08. The fraction of sp³-hybridized carbons (Fsp3) is 0.867. The Hall–Kier alpha value is -1.06. The van der Waals surface area contributed by atoms with Crippen molar-refractivity contribution in [2.45, 2.75) is 65.3 Å². The molecule has 1 aliphatic rings. The van der Waals surface area contributed by atoms with Crippen molar-refractivity contribution >= 4 is 11.9 Å². The van der Waals surface area contributed by atoms with E-state index in [9.17, 15) is 9.59 Å². The van der Waals surface area contributed by atoms with Gasteiger partial charge >= 0.3 is 5.97 Å². The van der Waals surface area contributed by atoms with Crippen LogP contribution in [0.15, 0.2) is 0 Å². The van der Waals surface area contributed by atoms with E-state index in [1.54, 1.807) is 0 Å². The first-order valence-corrected chi connectivity index (χ1v) is 7.44. The van der Waals surface area contributed by atoms with Gasteiger partial charge in [0, 0.05) is 24.9 Å². The lowest BCUT2D eigenvalue weighted by Gasteiger charge is -2.33. The van der Waals surface area contributed by atoms with Crippen molar-refractivity contribution in [3.8, 4) is 0 Å². The first-order chi connectivity index (χ1) is 8.91. The molecular formula is C15H27NO3. The number of amides is 1. The number of hydrogen-bond acceptors (Lipinski definition) is 2. The molecule has 19 heavy (non-hydrogen) atoms. The minimum Gasteiger partial charge on any atom is -0.481 e. The van der Waals surface area contributed by atoms with Crippen LogP contribution in [-0.4, -0.2) is 34.5 Å². The van der Waals surface area contributed by atoms with Gasteiger partial charge in [0.05, 0.1) is 0 Å². The average molecular weight is 269 g/mol. The molecule has 0 aromatic rings.